The lowest BCUT2D eigenvalue weighted by Crippen LogP contribution is -1.96. The number of ether oxygens (including phenoxy) is 2. The first-order valence-electron chi connectivity index (χ1n) is 5.71. The van der Waals surface area contributed by atoms with Crippen molar-refractivity contribution < 1.29 is 13.9 Å². The molecule has 2 aromatic rings. The number of rotatable bonds is 4. The zero-order valence-corrected chi connectivity index (χ0v) is 10.4. The fraction of sp³-hybridized carbons (Fsp3) is 0.133. The van der Waals surface area contributed by atoms with E-state index in [9.17, 15) is 4.39 Å². The number of nitriles is 1. The molecule has 96 valence electrons. The van der Waals surface area contributed by atoms with Crippen LogP contribution in [0.4, 0.5) is 4.39 Å². The van der Waals surface area contributed by atoms with Gasteiger partial charge in [-0.05, 0) is 18.2 Å². The smallest absolute Gasteiger partial charge is 0.169 e. The third kappa shape index (κ3) is 2.83. The zero-order chi connectivity index (χ0) is 13.7. The highest BCUT2D eigenvalue weighted by atomic mass is 19.1. The summed E-state index contributed by atoms with van der Waals surface area (Å²) in [6.07, 6.45) is 0.206. The summed E-state index contributed by atoms with van der Waals surface area (Å²) in [5.41, 5.74) is 0.707. The van der Waals surface area contributed by atoms with Crippen LogP contribution >= 0.6 is 0 Å². The highest BCUT2D eigenvalue weighted by molar-refractivity contribution is 5.49. The molecule has 0 spiro atoms. The second kappa shape index (κ2) is 5.87. The number of methoxy groups -OCH3 is 1. The molecule has 0 fully saturated rings. The maximum atomic E-state index is 13.5. The largest absolute Gasteiger partial charge is 0.493 e. The van der Waals surface area contributed by atoms with E-state index in [1.165, 1.54) is 19.2 Å². The van der Waals surface area contributed by atoms with Gasteiger partial charge in [0.1, 0.15) is 0 Å². The van der Waals surface area contributed by atoms with E-state index in [-0.39, 0.29) is 12.2 Å². The maximum absolute atomic E-state index is 13.5. The van der Waals surface area contributed by atoms with Gasteiger partial charge in [-0.2, -0.15) is 5.26 Å². The highest BCUT2D eigenvalue weighted by Gasteiger charge is 2.12. The fourth-order valence-electron chi connectivity index (χ4n) is 1.74. The second-order valence-corrected chi connectivity index (χ2v) is 3.82. The number of halogens is 1. The quantitative estimate of drug-likeness (QED) is 0.838. The van der Waals surface area contributed by atoms with Crippen molar-refractivity contribution in [1.82, 2.24) is 0 Å². The van der Waals surface area contributed by atoms with Gasteiger partial charge in [-0.15, -0.1) is 0 Å². The first kappa shape index (κ1) is 12.9. The molecular weight excluding hydrogens is 245 g/mol. The fourth-order valence-corrected chi connectivity index (χ4v) is 1.74. The van der Waals surface area contributed by atoms with Crippen LogP contribution in [0.3, 0.4) is 0 Å². The van der Waals surface area contributed by atoms with E-state index in [0.29, 0.717) is 17.1 Å². The normalized spacial score (nSPS) is 9.74. The highest BCUT2D eigenvalue weighted by Crippen LogP contribution is 2.35. The van der Waals surface area contributed by atoms with E-state index in [0.717, 1.165) is 0 Å². The first-order valence-corrected chi connectivity index (χ1v) is 5.71. The van der Waals surface area contributed by atoms with E-state index in [2.05, 4.69) is 6.07 Å². The molecule has 0 aliphatic rings. The van der Waals surface area contributed by atoms with E-state index < -0.39 is 5.82 Å². The minimum atomic E-state index is -0.449. The molecule has 0 saturated carbocycles. The minimum absolute atomic E-state index is 0.120. The molecule has 0 bridgehead atoms. The van der Waals surface area contributed by atoms with Crippen LogP contribution in [0.1, 0.15) is 5.56 Å². The maximum Gasteiger partial charge on any atom is 0.169 e. The topological polar surface area (TPSA) is 42.2 Å². The molecule has 0 radical (unpaired) electrons. The SMILES string of the molecule is COc1c(CC#N)cccc1Oc1ccccc1F. The Bertz CT molecular complexity index is 620. The predicted molar refractivity (Wildman–Crippen MR) is 68.8 cm³/mol. The standard InChI is InChI=1S/C15H12FNO2/c1-18-15-11(9-10-17)5-4-8-14(15)19-13-7-3-2-6-12(13)16/h2-8H,9H2,1H3. The summed E-state index contributed by atoms with van der Waals surface area (Å²) in [6.45, 7) is 0. The third-order valence-corrected chi connectivity index (χ3v) is 2.59. The Kier molecular flexibility index (Phi) is 3.99. The van der Waals surface area contributed by atoms with Crippen molar-refractivity contribution in [3.05, 3.63) is 53.8 Å². The molecule has 2 rings (SSSR count). The summed E-state index contributed by atoms with van der Waals surface area (Å²) in [7, 11) is 1.49. The van der Waals surface area contributed by atoms with Crippen LogP contribution in [0.2, 0.25) is 0 Å². The van der Waals surface area contributed by atoms with Crippen molar-refractivity contribution in [3.63, 3.8) is 0 Å². The first-order chi connectivity index (χ1) is 9.26. The van der Waals surface area contributed by atoms with Crippen molar-refractivity contribution in [1.29, 1.82) is 5.26 Å². The van der Waals surface area contributed by atoms with E-state index in [4.69, 9.17) is 14.7 Å². The van der Waals surface area contributed by atoms with Gasteiger partial charge >= 0.3 is 0 Å². The number of hydrogen-bond acceptors (Lipinski definition) is 3. The van der Waals surface area contributed by atoms with Crippen molar-refractivity contribution in [2.24, 2.45) is 0 Å². The summed E-state index contributed by atoms with van der Waals surface area (Å²) in [4.78, 5) is 0. The molecule has 0 N–H and O–H groups in total. The van der Waals surface area contributed by atoms with Gasteiger partial charge in [-0.1, -0.05) is 24.3 Å². The molecule has 0 heterocycles. The lowest BCUT2D eigenvalue weighted by Gasteiger charge is -2.13. The Balaban J connectivity index is 2.38. The molecule has 0 aliphatic carbocycles. The molecule has 0 saturated heterocycles. The lowest BCUT2D eigenvalue weighted by atomic mass is 10.1. The van der Waals surface area contributed by atoms with E-state index in [1.54, 1.807) is 30.3 Å². The van der Waals surface area contributed by atoms with Gasteiger partial charge in [0.05, 0.1) is 19.6 Å². The summed E-state index contributed by atoms with van der Waals surface area (Å²) < 4.78 is 24.3. The molecular formula is C15H12FNO2. The second-order valence-electron chi connectivity index (χ2n) is 3.82. The Morgan fingerprint density at radius 1 is 1.11 bits per heavy atom. The van der Waals surface area contributed by atoms with Crippen LogP contribution in [0.15, 0.2) is 42.5 Å². The van der Waals surface area contributed by atoms with Gasteiger partial charge < -0.3 is 9.47 Å². The van der Waals surface area contributed by atoms with Gasteiger partial charge in [0.15, 0.2) is 23.1 Å². The van der Waals surface area contributed by atoms with Crippen molar-refractivity contribution in [2.45, 2.75) is 6.42 Å². The number of para-hydroxylation sites is 2. The number of hydrogen-bond donors (Lipinski definition) is 0. The summed E-state index contributed by atoms with van der Waals surface area (Å²) in [6, 6.07) is 13.4. The number of benzene rings is 2. The van der Waals surface area contributed by atoms with Gasteiger partial charge in [-0.25, -0.2) is 4.39 Å². The van der Waals surface area contributed by atoms with E-state index >= 15 is 0 Å². The molecule has 4 heteroatoms. The summed E-state index contributed by atoms with van der Waals surface area (Å²) >= 11 is 0. The van der Waals surface area contributed by atoms with Crippen molar-refractivity contribution >= 4 is 0 Å². The molecule has 2 aromatic carbocycles. The van der Waals surface area contributed by atoms with Crippen LogP contribution in [0.25, 0.3) is 0 Å². The monoisotopic (exact) mass is 257 g/mol. The van der Waals surface area contributed by atoms with Crippen LogP contribution in [-0.2, 0) is 6.42 Å². The molecule has 0 amide bonds. The van der Waals surface area contributed by atoms with Crippen molar-refractivity contribution in [2.75, 3.05) is 7.11 Å². The van der Waals surface area contributed by atoms with E-state index in [1.807, 2.05) is 0 Å². The zero-order valence-electron chi connectivity index (χ0n) is 10.4. The van der Waals surface area contributed by atoms with Gasteiger partial charge in [0.2, 0.25) is 0 Å². The molecule has 0 aromatic heterocycles. The Hall–Kier alpha value is -2.54. The number of nitrogens with zero attached hydrogens (tertiary/aromatic N) is 1. The van der Waals surface area contributed by atoms with Crippen LogP contribution < -0.4 is 9.47 Å². The molecule has 0 aliphatic heterocycles. The van der Waals surface area contributed by atoms with Gasteiger partial charge in [0, 0.05) is 5.56 Å². The lowest BCUT2D eigenvalue weighted by molar-refractivity contribution is 0.368. The molecule has 0 unspecified atom stereocenters. The Morgan fingerprint density at radius 2 is 1.84 bits per heavy atom. The molecule has 3 nitrogen and oxygen atoms in total. The molecule has 0 atom stereocenters. The van der Waals surface area contributed by atoms with Gasteiger partial charge in [0.25, 0.3) is 0 Å². The Labute approximate surface area is 110 Å². The third-order valence-electron chi connectivity index (χ3n) is 2.59. The molecule has 19 heavy (non-hydrogen) atoms. The van der Waals surface area contributed by atoms with Gasteiger partial charge in [-0.3, -0.25) is 0 Å². The van der Waals surface area contributed by atoms with Crippen LogP contribution in [0, 0.1) is 17.1 Å². The summed E-state index contributed by atoms with van der Waals surface area (Å²) in [5.74, 6) is 0.512. The average molecular weight is 257 g/mol. The average Bonchev–Trinajstić information content (AvgIpc) is 2.42. The summed E-state index contributed by atoms with van der Waals surface area (Å²) in [5, 5.41) is 8.76. The predicted octanol–water partition coefficient (Wildman–Crippen LogP) is 3.69. The van der Waals surface area contributed by atoms with Crippen LogP contribution in [0.5, 0.6) is 17.2 Å². The van der Waals surface area contributed by atoms with Crippen LogP contribution in [-0.4, -0.2) is 7.11 Å². The van der Waals surface area contributed by atoms with Crippen molar-refractivity contribution in [3.8, 4) is 23.3 Å². The minimum Gasteiger partial charge on any atom is -0.493 e. The Morgan fingerprint density at radius 3 is 2.53 bits per heavy atom.